The van der Waals surface area contributed by atoms with Crippen LogP contribution in [0.25, 0.3) is 11.3 Å². The molecule has 1 aromatic carbocycles. The van der Waals surface area contributed by atoms with Crippen LogP contribution >= 0.6 is 22.7 Å². The Morgan fingerprint density at radius 1 is 1.39 bits per heavy atom. The van der Waals surface area contributed by atoms with Gasteiger partial charge >= 0.3 is 0 Å². The van der Waals surface area contributed by atoms with Crippen molar-refractivity contribution in [2.24, 2.45) is 0 Å². The van der Waals surface area contributed by atoms with Gasteiger partial charge < -0.3 is 10.5 Å². The number of hydrogen-bond acceptors (Lipinski definition) is 8. The molecule has 0 saturated carbocycles. The number of anilines is 2. The summed E-state index contributed by atoms with van der Waals surface area (Å²) < 4.78 is 5.50. The van der Waals surface area contributed by atoms with Crippen molar-refractivity contribution in [1.82, 2.24) is 15.2 Å². The number of amides is 1. The van der Waals surface area contributed by atoms with Crippen molar-refractivity contribution in [3.8, 4) is 17.0 Å². The highest BCUT2D eigenvalue weighted by atomic mass is 32.1. The molecule has 0 radical (unpaired) electrons. The molecule has 0 atom stereocenters. The molecule has 0 aliphatic rings. The Morgan fingerprint density at radius 2 is 2.26 bits per heavy atom. The lowest BCUT2D eigenvalue weighted by atomic mass is 10.2. The number of nitrogens with zero attached hydrogens (tertiary/aromatic N) is 3. The number of nitrogen functional groups attached to an aromatic ring is 1. The van der Waals surface area contributed by atoms with Crippen molar-refractivity contribution in [1.29, 1.82) is 0 Å². The summed E-state index contributed by atoms with van der Waals surface area (Å²) >= 11 is 2.69. The van der Waals surface area contributed by atoms with E-state index in [1.165, 1.54) is 22.7 Å². The highest BCUT2D eigenvalue weighted by Gasteiger charge is 2.08. The fraction of sp³-hybridized carbons (Fsp3) is 0.143. The van der Waals surface area contributed by atoms with E-state index in [1.807, 2.05) is 30.5 Å². The van der Waals surface area contributed by atoms with Gasteiger partial charge in [-0.25, -0.2) is 4.98 Å². The van der Waals surface area contributed by atoms with Gasteiger partial charge in [-0.3, -0.25) is 10.1 Å². The van der Waals surface area contributed by atoms with Crippen LogP contribution in [0.3, 0.4) is 0 Å². The van der Waals surface area contributed by atoms with Crippen LogP contribution in [-0.2, 0) is 4.79 Å². The van der Waals surface area contributed by atoms with Crippen molar-refractivity contribution in [3.63, 3.8) is 0 Å². The lowest BCUT2D eigenvalue weighted by Crippen LogP contribution is -2.20. The second-order valence-corrected chi connectivity index (χ2v) is 6.63. The van der Waals surface area contributed by atoms with Crippen molar-refractivity contribution >= 4 is 38.8 Å². The summed E-state index contributed by atoms with van der Waals surface area (Å²) in [6, 6.07) is 7.34. The van der Waals surface area contributed by atoms with Crippen LogP contribution in [0.1, 0.15) is 5.01 Å². The van der Waals surface area contributed by atoms with Crippen LogP contribution in [-0.4, -0.2) is 27.7 Å². The zero-order valence-corrected chi connectivity index (χ0v) is 13.8. The number of nitrogens with two attached hydrogens (primary N) is 1. The largest absolute Gasteiger partial charge is 0.484 e. The number of nitrogens with one attached hydrogen (secondary N) is 1. The number of ether oxygens (including phenoxy) is 1. The molecule has 118 valence electrons. The van der Waals surface area contributed by atoms with E-state index in [-0.39, 0.29) is 12.5 Å². The molecule has 0 unspecified atom stereocenters. The maximum atomic E-state index is 11.8. The van der Waals surface area contributed by atoms with Crippen molar-refractivity contribution in [3.05, 3.63) is 34.7 Å². The van der Waals surface area contributed by atoms with Crippen molar-refractivity contribution in [2.75, 3.05) is 17.7 Å². The van der Waals surface area contributed by atoms with E-state index in [1.54, 1.807) is 6.07 Å². The van der Waals surface area contributed by atoms with E-state index in [0.29, 0.717) is 16.0 Å². The summed E-state index contributed by atoms with van der Waals surface area (Å²) in [6.07, 6.45) is 0. The quantitative estimate of drug-likeness (QED) is 0.735. The van der Waals surface area contributed by atoms with Gasteiger partial charge in [0.25, 0.3) is 5.91 Å². The van der Waals surface area contributed by atoms with Gasteiger partial charge in [-0.05, 0) is 19.1 Å². The summed E-state index contributed by atoms with van der Waals surface area (Å²) in [5.41, 5.74) is 7.31. The van der Waals surface area contributed by atoms with Gasteiger partial charge in [0.1, 0.15) is 10.8 Å². The van der Waals surface area contributed by atoms with Gasteiger partial charge in [-0.15, -0.1) is 21.5 Å². The highest BCUT2D eigenvalue weighted by molar-refractivity contribution is 7.15. The van der Waals surface area contributed by atoms with Crippen LogP contribution in [0.5, 0.6) is 5.75 Å². The zero-order valence-electron chi connectivity index (χ0n) is 12.1. The summed E-state index contributed by atoms with van der Waals surface area (Å²) in [5, 5.41) is 13.9. The van der Waals surface area contributed by atoms with Crippen LogP contribution < -0.4 is 15.8 Å². The number of thiazole rings is 1. The molecule has 0 aliphatic heterocycles. The average molecular weight is 347 g/mol. The van der Waals surface area contributed by atoms with Crippen LogP contribution in [0.15, 0.2) is 29.6 Å². The van der Waals surface area contributed by atoms with Crippen molar-refractivity contribution < 1.29 is 9.53 Å². The molecule has 0 aliphatic carbocycles. The third kappa shape index (κ3) is 4.02. The Labute approximate surface area is 140 Å². The summed E-state index contributed by atoms with van der Waals surface area (Å²) in [7, 11) is 0. The molecule has 3 rings (SSSR count). The Hall–Kier alpha value is -2.52. The summed E-state index contributed by atoms with van der Waals surface area (Å²) in [6.45, 7) is 1.71. The van der Waals surface area contributed by atoms with Gasteiger partial charge in [0, 0.05) is 10.9 Å². The smallest absolute Gasteiger partial charge is 0.264 e. The minimum atomic E-state index is -0.288. The van der Waals surface area contributed by atoms with Crippen LogP contribution in [0, 0.1) is 6.92 Å². The fourth-order valence-electron chi connectivity index (χ4n) is 1.82. The fourth-order valence-corrected chi connectivity index (χ4v) is 3.00. The third-order valence-electron chi connectivity index (χ3n) is 2.79. The molecule has 0 spiro atoms. The number of hydrogen-bond donors (Lipinski definition) is 2. The SMILES string of the molecule is Cc1nnc(NC(=O)COc2cccc(-c3csc(N)n3)c2)s1. The highest BCUT2D eigenvalue weighted by Crippen LogP contribution is 2.26. The van der Waals surface area contributed by atoms with Gasteiger partial charge in [0.15, 0.2) is 11.7 Å². The molecule has 9 heteroatoms. The molecule has 23 heavy (non-hydrogen) atoms. The number of aryl methyl sites for hydroxylation is 1. The minimum absolute atomic E-state index is 0.110. The van der Waals surface area contributed by atoms with E-state index >= 15 is 0 Å². The van der Waals surface area contributed by atoms with Crippen molar-refractivity contribution in [2.45, 2.75) is 6.92 Å². The predicted octanol–water partition coefficient (Wildman–Crippen LogP) is 2.57. The molecule has 3 N–H and O–H groups in total. The van der Waals surface area contributed by atoms with E-state index in [9.17, 15) is 4.79 Å². The topological polar surface area (TPSA) is 103 Å². The zero-order chi connectivity index (χ0) is 16.2. The summed E-state index contributed by atoms with van der Waals surface area (Å²) in [5.74, 6) is 0.294. The minimum Gasteiger partial charge on any atom is -0.484 e. The molecule has 0 saturated heterocycles. The van der Waals surface area contributed by atoms with E-state index in [2.05, 4.69) is 20.5 Å². The molecule has 2 aromatic heterocycles. The third-order valence-corrected chi connectivity index (χ3v) is 4.22. The first-order valence-corrected chi connectivity index (χ1v) is 8.34. The second-order valence-electron chi connectivity index (χ2n) is 4.56. The number of carbonyl (C=O) groups excluding carboxylic acids is 1. The molecular formula is C14H13N5O2S2. The Morgan fingerprint density at radius 3 is 2.96 bits per heavy atom. The molecule has 0 bridgehead atoms. The normalized spacial score (nSPS) is 10.5. The molecular weight excluding hydrogens is 334 g/mol. The lowest BCUT2D eigenvalue weighted by Gasteiger charge is -2.06. The predicted molar refractivity (Wildman–Crippen MR) is 90.7 cm³/mol. The maximum Gasteiger partial charge on any atom is 0.264 e. The lowest BCUT2D eigenvalue weighted by molar-refractivity contribution is -0.118. The number of aromatic nitrogens is 3. The average Bonchev–Trinajstić information content (AvgIpc) is 3.14. The van der Waals surface area contributed by atoms with Gasteiger partial charge in [0.2, 0.25) is 5.13 Å². The summed E-state index contributed by atoms with van der Waals surface area (Å²) in [4.78, 5) is 16.1. The second kappa shape index (κ2) is 6.71. The molecule has 7 nitrogen and oxygen atoms in total. The van der Waals surface area contributed by atoms with Gasteiger partial charge in [0.05, 0.1) is 5.69 Å². The molecule has 2 heterocycles. The first-order chi connectivity index (χ1) is 11.1. The van der Waals surface area contributed by atoms with Crippen LogP contribution in [0.4, 0.5) is 10.3 Å². The van der Waals surface area contributed by atoms with E-state index in [0.717, 1.165) is 16.3 Å². The van der Waals surface area contributed by atoms with Gasteiger partial charge in [-0.1, -0.05) is 23.5 Å². The number of benzene rings is 1. The monoisotopic (exact) mass is 347 g/mol. The Kier molecular flexibility index (Phi) is 4.49. The standard InChI is InChI=1S/C14H13N5O2S2/c1-8-18-19-14(23-8)17-12(20)6-21-10-4-2-3-9(5-10)11-7-22-13(15)16-11/h2-5,7H,6H2,1H3,(H2,15,16)(H,17,19,20). The van der Waals surface area contributed by atoms with E-state index in [4.69, 9.17) is 10.5 Å². The van der Waals surface area contributed by atoms with Gasteiger partial charge in [-0.2, -0.15) is 0 Å². The van der Waals surface area contributed by atoms with E-state index < -0.39 is 0 Å². The number of rotatable bonds is 5. The first kappa shape index (κ1) is 15.4. The first-order valence-electron chi connectivity index (χ1n) is 6.64. The number of carbonyl (C=O) groups is 1. The maximum absolute atomic E-state index is 11.8. The molecule has 1 amide bonds. The molecule has 0 fully saturated rings. The Balaban J connectivity index is 1.61. The Bertz CT molecular complexity index is 830. The molecule has 3 aromatic rings. The van der Waals surface area contributed by atoms with Crippen LogP contribution in [0.2, 0.25) is 0 Å².